The first kappa shape index (κ1) is 15.4. The van der Waals surface area contributed by atoms with Crippen LogP contribution in [0.5, 0.6) is 0 Å². The molecule has 0 bridgehead atoms. The van der Waals surface area contributed by atoms with Crippen LogP contribution in [0.3, 0.4) is 0 Å². The summed E-state index contributed by atoms with van der Waals surface area (Å²) >= 11 is 0. The van der Waals surface area contributed by atoms with Crippen LogP contribution in [0.15, 0.2) is 30.7 Å². The van der Waals surface area contributed by atoms with Gasteiger partial charge in [0.15, 0.2) is 6.10 Å². The average Bonchev–Trinajstić information content (AvgIpc) is 3.18. The number of anilines is 1. The minimum atomic E-state index is -1.35. The molecule has 0 saturated carbocycles. The van der Waals surface area contributed by atoms with Gasteiger partial charge >= 0.3 is 0 Å². The normalized spacial score (nSPS) is 18.9. The van der Waals surface area contributed by atoms with Gasteiger partial charge in [-0.05, 0) is 18.6 Å². The van der Waals surface area contributed by atoms with Crippen molar-refractivity contribution in [2.45, 2.75) is 18.6 Å². The predicted molar refractivity (Wildman–Crippen MR) is 78.7 cm³/mol. The third-order valence-corrected chi connectivity index (χ3v) is 3.85. The van der Waals surface area contributed by atoms with E-state index in [1.165, 1.54) is 30.7 Å². The highest BCUT2D eigenvalue weighted by molar-refractivity contribution is 5.81. The van der Waals surface area contributed by atoms with E-state index in [0.29, 0.717) is 13.0 Å². The van der Waals surface area contributed by atoms with Crippen molar-refractivity contribution in [3.05, 3.63) is 48.1 Å². The fourth-order valence-electron chi connectivity index (χ4n) is 2.71. The van der Waals surface area contributed by atoms with Gasteiger partial charge in [0.2, 0.25) is 0 Å². The zero-order chi connectivity index (χ0) is 16.4. The second kappa shape index (κ2) is 6.33. The Morgan fingerprint density at radius 3 is 2.83 bits per heavy atom. The minimum absolute atomic E-state index is 0.0848. The topological polar surface area (TPSA) is 81.2 Å². The van der Waals surface area contributed by atoms with E-state index in [4.69, 9.17) is 0 Å². The number of aromatic nitrogens is 2. The van der Waals surface area contributed by atoms with Gasteiger partial charge in [0.05, 0.1) is 18.2 Å². The molecule has 1 saturated heterocycles. The maximum absolute atomic E-state index is 13.8. The number of aromatic amines is 1. The highest BCUT2D eigenvalue weighted by atomic mass is 19.1. The number of para-hydroxylation sites is 1. The number of halogens is 2. The van der Waals surface area contributed by atoms with Crippen LogP contribution in [-0.4, -0.2) is 40.1 Å². The molecule has 1 aromatic carbocycles. The number of hydrogen-bond acceptors (Lipinski definition) is 4. The second-order valence-electron chi connectivity index (χ2n) is 5.42. The Morgan fingerprint density at radius 2 is 2.17 bits per heavy atom. The van der Waals surface area contributed by atoms with Crippen molar-refractivity contribution in [3.8, 4) is 0 Å². The number of carbonyl (C=O) groups excluding carboxylic acids is 1. The first-order chi connectivity index (χ1) is 11.1. The maximum Gasteiger partial charge on any atom is 0.255 e. The van der Waals surface area contributed by atoms with Gasteiger partial charge in [0.25, 0.3) is 5.91 Å². The third-order valence-electron chi connectivity index (χ3n) is 3.85. The molecule has 3 rings (SSSR count). The quantitative estimate of drug-likeness (QED) is 0.788. The molecule has 2 aromatic rings. The number of nitrogens with zero attached hydrogens (tertiary/aromatic N) is 2. The number of benzene rings is 1. The summed E-state index contributed by atoms with van der Waals surface area (Å²) in [6, 6.07) is 3.42. The summed E-state index contributed by atoms with van der Waals surface area (Å²) in [5, 5.41) is 12.6. The SMILES string of the molecule is O=C(NC1CCN(c2c(F)cccc2F)C1)C(O)c1cnc[nH]1. The fraction of sp³-hybridized carbons (Fsp3) is 0.333. The number of amides is 1. The summed E-state index contributed by atoms with van der Waals surface area (Å²) in [4.78, 5) is 20.0. The molecule has 1 aliphatic rings. The van der Waals surface area contributed by atoms with Crippen molar-refractivity contribution in [2.24, 2.45) is 0 Å². The summed E-state index contributed by atoms with van der Waals surface area (Å²) < 4.78 is 27.6. The minimum Gasteiger partial charge on any atom is -0.377 e. The van der Waals surface area contributed by atoms with E-state index in [9.17, 15) is 18.7 Å². The third kappa shape index (κ3) is 3.16. The van der Waals surface area contributed by atoms with E-state index in [1.807, 2.05) is 0 Å². The molecule has 2 atom stereocenters. The zero-order valence-electron chi connectivity index (χ0n) is 12.2. The first-order valence-electron chi connectivity index (χ1n) is 7.22. The molecule has 1 aliphatic heterocycles. The smallest absolute Gasteiger partial charge is 0.255 e. The van der Waals surface area contributed by atoms with E-state index in [-0.39, 0.29) is 24.0 Å². The average molecular weight is 322 g/mol. The summed E-state index contributed by atoms with van der Waals surface area (Å²) in [6.45, 7) is 0.697. The molecular weight excluding hydrogens is 306 g/mol. The van der Waals surface area contributed by atoms with Gasteiger partial charge < -0.3 is 20.3 Å². The maximum atomic E-state index is 13.8. The monoisotopic (exact) mass is 322 g/mol. The van der Waals surface area contributed by atoms with Gasteiger partial charge in [-0.3, -0.25) is 4.79 Å². The predicted octanol–water partition coefficient (Wildman–Crippen LogP) is 1.12. The Kier molecular flexibility index (Phi) is 4.24. The molecule has 0 radical (unpaired) electrons. The van der Waals surface area contributed by atoms with Gasteiger partial charge in [-0.15, -0.1) is 0 Å². The van der Waals surface area contributed by atoms with E-state index in [2.05, 4.69) is 15.3 Å². The van der Waals surface area contributed by atoms with Crippen LogP contribution in [0.4, 0.5) is 14.5 Å². The molecular formula is C15H16F2N4O2. The molecule has 0 aliphatic carbocycles. The lowest BCUT2D eigenvalue weighted by atomic mass is 10.2. The van der Waals surface area contributed by atoms with Crippen LogP contribution in [-0.2, 0) is 4.79 Å². The van der Waals surface area contributed by atoms with Gasteiger partial charge in [0.1, 0.15) is 17.3 Å². The summed E-state index contributed by atoms with van der Waals surface area (Å²) in [6.07, 6.45) is 1.91. The van der Waals surface area contributed by atoms with Crippen molar-refractivity contribution in [1.82, 2.24) is 15.3 Å². The molecule has 8 heteroatoms. The van der Waals surface area contributed by atoms with Crippen molar-refractivity contribution >= 4 is 11.6 Å². The van der Waals surface area contributed by atoms with E-state index >= 15 is 0 Å². The molecule has 122 valence electrons. The molecule has 3 N–H and O–H groups in total. The standard InChI is InChI=1S/C15H16F2N4O2/c16-10-2-1-3-11(17)13(10)21-5-4-9(7-21)20-15(23)14(22)12-6-18-8-19-12/h1-3,6,8-9,14,22H,4-5,7H2,(H,18,19)(H,20,23). The van der Waals surface area contributed by atoms with Gasteiger partial charge in [-0.2, -0.15) is 0 Å². The molecule has 0 spiro atoms. The van der Waals surface area contributed by atoms with Crippen molar-refractivity contribution in [3.63, 3.8) is 0 Å². The highest BCUT2D eigenvalue weighted by Crippen LogP contribution is 2.26. The van der Waals surface area contributed by atoms with E-state index < -0.39 is 23.6 Å². The van der Waals surface area contributed by atoms with Gasteiger partial charge in [0, 0.05) is 19.1 Å². The van der Waals surface area contributed by atoms with Crippen LogP contribution < -0.4 is 10.2 Å². The lowest BCUT2D eigenvalue weighted by Gasteiger charge is -2.20. The fourth-order valence-corrected chi connectivity index (χ4v) is 2.71. The van der Waals surface area contributed by atoms with Crippen molar-refractivity contribution < 1.29 is 18.7 Å². The number of imidazole rings is 1. The number of aliphatic hydroxyl groups excluding tert-OH is 1. The Hall–Kier alpha value is -2.48. The van der Waals surface area contributed by atoms with Crippen LogP contribution >= 0.6 is 0 Å². The van der Waals surface area contributed by atoms with Gasteiger partial charge in [-0.1, -0.05) is 6.07 Å². The summed E-state index contributed by atoms with van der Waals surface area (Å²) in [5.74, 6) is -1.83. The summed E-state index contributed by atoms with van der Waals surface area (Å²) in [7, 11) is 0. The van der Waals surface area contributed by atoms with Crippen LogP contribution in [0.1, 0.15) is 18.2 Å². The van der Waals surface area contributed by atoms with Crippen LogP contribution in [0.25, 0.3) is 0 Å². The molecule has 1 fully saturated rings. The molecule has 2 heterocycles. The number of H-pyrrole nitrogens is 1. The first-order valence-corrected chi connectivity index (χ1v) is 7.22. The Morgan fingerprint density at radius 1 is 1.43 bits per heavy atom. The molecule has 2 unspecified atom stereocenters. The summed E-state index contributed by atoms with van der Waals surface area (Å²) in [5.41, 5.74) is 0.205. The van der Waals surface area contributed by atoms with Crippen molar-refractivity contribution in [1.29, 1.82) is 0 Å². The number of rotatable bonds is 4. The second-order valence-corrected chi connectivity index (χ2v) is 5.42. The van der Waals surface area contributed by atoms with E-state index in [0.717, 1.165) is 0 Å². The van der Waals surface area contributed by atoms with Gasteiger partial charge in [-0.25, -0.2) is 13.8 Å². The molecule has 1 amide bonds. The zero-order valence-corrected chi connectivity index (χ0v) is 12.2. The number of hydrogen-bond donors (Lipinski definition) is 3. The highest BCUT2D eigenvalue weighted by Gasteiger charge is 2.29. The largest absolute Gasteiger partial charge is 0.377 e. The van der Waals surface area contributed by atoms with E-state index in [1.54, 1.807) is 4.90 Å². The lowest BCUT2D eigenvalue weighted by Crippen LogP contribution is -2.40. The number of nitrogens with one attached hydrogen (secondary N) is 2. The Labute approximate surface area is 131 Å². The number of carbonyl (C=O) groups is 1. The Bertz CT molecular complexity index is 673. The lowest BCUT2D eigenvalue weighted by molar-refractivity contribution is -0.130. The number of aliphatic hydroxyl groups is 1. The molecule has 1 aromatic heterocycles. The molecule has 23 heavy (non-hydrogen) atoms. The van der Waals surface area contributed by atoms with Crippen LogP contribution in [0, 0.1) is 11.6 Å². The Balaban J connectivity index is 1.63. The van der Waals surface area contributed by atoms with Crippen LogP contribution in [0.2, 0.25) is 0 Å². The van der Waals surface area contributed by atoms with Crippen molar-refractivity contribution in [2.75, 3.05) is 18.0 Å². The molecule has 6 nitrogen and oxygen atoms in total.